The first kappa shape index (κ1) is 15.6. The third-order valence-corrected chi connectivity index (χ3v) is 7.77. The zero-order valence-corrected chi connectivity index (χ0v) is 14.5. The van der Waals surface area contributed by atoms with Crippen LogP contribution in [0.15, 0.2) is 30.3 Å². The molecule has 1 aromatic carbocycles. The summed E-state index contributed by atoms with van der Waals surface area (Å²) in [5, 5.41) is 0. The van der Waals surface area contributed by atoms with E-state index >= 15 is 0 Å². The summed E-state index contributed by atoms with van der Waals surface area (Å²) in [6.07, 6.45) is 8.24. The lowest BCUT2D eigenvalue weighted by Crippen LogP contribution is -2.47. The Bertz CT molecular complexity index is 623. The van der Waals surface area contributed by atoms with Crippen LogP contribution in [0.5, 0.6) is 0 Å². The molecule has 3 nitrogen and oxygen atoms in total. The van der Waals surface area contributed by atoms with Gasteiger partial charge < -0.3 is 0 Å². The fourth-order valence-corrected chi connectivity index (χ4v) is 6.25. The predicted molar refractivity (Wildman–Crippen MR) is 93.4 cm³/mol. The van der Waals surface area contributed by atoms with E-state index < -0.39 is 9.84 Å². The van der Waals surface area contributed by atoms with Crippen LogP contribution in [0.2, 0.25) is 0 Å². The van der Waals surface area contributed by atoms with Gasteiger partial charge >= 0.3 is 0 Å². The molecule has 2 atom stereocenters. The van der Waals surface area contributed by atoms with E-state index in [1.54, 1.807) is 0 Å². The van der Waals surface area contributed by atoms with Gasteiger partial charge in [-0.25, -0.2) is 8.42 Å². The van der Waals surface area contributed by atoms with Crippen LogP contribution in [0, 0.1) is 0 Å². The highest BCUT2D eigenvalue weighted by atomic mass is 32.2. The highest BCUT2D eigenvalue weighted by molar-refractivity contribution is 7.91. The molecule has 1 saturated heterocycles. The molecule has 0 spiro atoms. The lowest BCUT2D eigenvalue weighted by molar-refractivity contribution is 0.113. The van der Waals surface area contributed by atoms with E-state index in [1.807, 2.05) is 0 Å². The number of rotatable bonds is 4. The van der Waals surface area contributed by atoms with E-state index in [9.17, 15) is 8.42 Å². The largest absolute Gasteiger partial charge is 0.294 e. The summed E-state index contributed by atoms with van der Waals surface area (Å²) in [6, 6.07) is 12.7. The highest BCUT2D eigenvalue weighted by Crippen LogP contribution is 2.48. The molecule has 2 aliphatic carbocycles. The zero-order chi connectivity index (χ0) is 15.9. The molecular weight excluding hydrogens is 306 g/mol. The Morgan fingerprint density at radius 2 is 1.48 bits per heavy atom. The van der Waals surface area contributed by atoms with Gasteiger partial charge in [-0.3, -0.25) is 4.90 Å². The number of nitrogens with zero attached hydrogens (tertiary/aromatic N) is 1. The molecule has 3 fully saturated rings. The van der Waals surface area contributed by atoms with Crippen LogP contribution in [0.1, 0.15) is 56.4 Å². The van der Waals surface area contributed by atoms with Crippen molar-refractivity contribution >= 4 is 9.84 Å². The van der Waals surface area contributed by atoms with E-state index in [1.165, 1.54) is 37.7 Å². The second-order valence-electron chi connectivity index (χ2n) is 7.59. The minimum absolute atomic E-state index is 0.392. The van der Waals surface area contributed by atoms with Gasteiger partial charge in [-0.05, 0) is 37.7 Å². The quantitative estimate of drug-likeness (QED) is 0.848. The van der Waals surface area contributed by atoms with Crippen molar-refractivity contribution in [3.8, 4) is 0 Å². The molecule has 23 heavy (non-hydrogen) atoms. The summed E-state index contributed by atoms with van der Waals surface area (Å²) < 4.78 is 23.6. The first-order valence-electron chi connectivity index (χ1n) is 9.17. The lowest BCUT2D eigenvalue weighted by atomic mass is 10.0. The third-order valence-electron chi connectivity index (χ3n) is 6.06. The number of hydrogen-bond donors (Lipinski definition) is 0. The number of sulfone groups is 1. The van der Waals surface area contributed by atoms with Gasteiger partial charge in [-0.2, -0.15) is 0 Å². The average molecular weight is 333 g/mol. The Morgan fingerprint density at radius 1 is 0.870 bits per heavy atom. The van der Waals surface area contributed by atoms with Crippen molar-refractivity contribution in [2.24, 2.45) is 0 Å². The minimum Gasteiger partial charge on any atom is -0.294 e. The monoisotopic (exact) mass is 333 g/mol. The van der Waals surface area contributed by atoms with Crippen LogP contribution >= 0.6 is 0 Å². The fourth-order valence-electron chi connectivity index (χ4n) is 4.79. The van der Waals surface area contributed by atoms with Gasteiger partial charge in [0.15, 0.2) is 0 Å². The van der Waals surface area contributed by atoms with E-state index in [-0.39, 0.29) is 0 Å². The van der Waals surface area contributed by atoms with E-state index in [4.69, 9.17) is 0 Å². The predicted octanol–water partition coefficient (Wildman–Crippen LogP) is 3.36. The van der Waals surface area contributed by atoms with Crippen molar-refractivity contribution in [1.82, 2.24) is 4.90 Å². The lowest BCUT2D eigenvalue weighted by Gasteiger charge is -2.39. The Morgan fingerprint density at radius 3 is 2.13 bits per heavy atom. The zero-order valence-electron chi connectivity index (χ0n) is 13.7. The molecule has 1 aliphatic heterocycles. The van der Waals surface area contributed by atoms with Gasteiger partial charge in [0.2, 0.25) is 0 Å². The Balaban J connectivity index is 1.51. The van der Waals surface area contributed by atoms with Gasteiger partial charge in [-0.15, -0.1) is 0 Å². The first-order chi connectivity index (χ1) is 11.1. The second-order valence-corrected chi connectivity index (χ2v) is 9.89. The molecule has 0 N–H and O–H groups in total. The average Bonchev–Trinajstić information content (AvgIpc) is 3.14. The second kappa shape index (κ2) is 6.21. The molecule has 126 valence electrons. The molecule has 2 saturated carbocycles. The summed E-state index contributed by atoms with van der Waals surface area (Å²) >= 11 is 0. The fraction of sp³-hybridized carbons (Fsp3) is 0.684. The van der Waals surface area contributed by atoms with Crippen molar-refractivity contribution in [2.45, 2.75) is 69.0 Å². The molecule has 1 heterocycles. The van der Waals surface area contributed by atoms with Crippen molar-refractivity contribution in [3.05, 3.63) is 35.9 Å². The van der Waals surface area contributed by atoms with Crippen molar-refractivity contribution in [3.63, 3.8) is 0 Å². The maximum absolute atomic E-state index is 11.8. The molecular formula is C19H27NO2S. The highest BCUT2D eigenvalue weighted by Gasteiger charge is 2.48. The van der Waals surface area contributed by atoms with Crippen molar-refractivity contribution < 1.29 is 8.42 Å². The third kappa shape index (κ3) is 3.34. The SMILES string of the molecule is O=S1(=O)CCC(N(C2CCCC2)[C@@H]2C[C@H]2c2ccccc2)CC1. The van der Waals surface area contributed by atoms with Gasteiger partial charge in [0.05, 0.1) is 11.5 Å². The maximum atomic E-state index is 11.8. The van der Waals surface area contributed by atoms with Gasteiger partial charge in [0.1, 0.15) is 9.84 Å². The molecule has 0 aromatic heterocycles. The normalized spacial score (nSPS) is 31.5. The van der Waals surface area contributed by atoms with Crippen LogP contribution in [0.3, 0.4) is 0 Å². The van der Waals surface area contributed by atoms with Crippen LogP contribution in [0.4, 0.5) is 0 Å². The van der Waals surface area contributed by atoms with Crippen LogP contribution in [-0.4, -0.2) is 42.9 Å². The molecule has 4 heteroatoms. The molecule has 0 radical (unpaired) electrons. The molecule has 0 amide bonds. The van der Waals surface area contributed by atoms with Gasteiger partial charge in [0.25, 0.3) is 0 Å². The number of hydrogen-bond acceptors (Lipinski definition) is 3. The Hall–Kier alpha value is -0.870. The van der Waals surface area contributed by atoms with Crippen molar-refractivity contribution in [1.29, 1.82) is 0 Å². The van der Waals surface area contributed by atoms with E-state index in [0.717, 1.165) is 12.8 Å². The summed E-state index contributed by atoms with van der Waals surface area (Å²) in [6.45, 7) is 0. The topological polar surface area (TPSA) is 37.4 Å². The van der Waals surface area contributed by atoms with Gasteiger partial charge in [0, 0.05) is 24.0 Å². The first-order valence-corrected chi connectivity index (χ1v) is 11.0. The van der Waals surface area contributed by atoms with Crippen LogP contribution < -0.4 is 0 Å². The Labute approximate surface area is 140 Å². The summed E-state index contributed by atoms with van der Waals surface area (Å²) in [4.78, 5) is 2.76. The van der Waals surface area contributed by atoms with Crippen molar-refractivity contribution in [2.75, 3.05) is 11.5 Å². The van der Waals surface area contributed by atoms with E-state index in [0.29, 0.717) is 35.5 Å². The minimum atomic E-state index is -2.77. The summed E-state index contributed by atoms with van der Waals surface area (Å²) in [5.41, 5.74) is 1.46. The Kier molecular flexibility index (Phi) is 4.22. The van der Waals surface area contributed by atoms with Crippen LogP contribution in [0.25, 0.3) is 0 Å². The van der Waals surface area contributed by atoms with Gasteiger partial charge in [-0.1, -0.05) is 43.2 Å². The molecule has 1 aromatic rings. The number of benzene rings is 1. The molecule has 0 unspecified atom stereocenters. The van der Waals surface area contributed by atoms with E-state index in [2.05, 4.69) is 35.2 Å². The molecule has 0 bridgehead atoms. The van der Waals surface area contributed by atoms with Crippen LogP contribution in [-0.2, 0) is 9.84 Å². The smallest absolute Gasteiger partial charge is 0.150 e. The summed E-state index contributed by atoms with van der Waals surface area (Å²) in [7, 11) is -2.77. The molecule has 3 aliphatic rings. The standard InChI is InChI=1S/C19H27NO2S/c21-23(22)12-10-17(11-13-23)20(16-8-4-5-9-16)19-14-18(19)15-6-2-1-3-7-15/h1-3,6-7,16-19H,4-5,8-14H2/t18-,19+/m0/s1. The molecule has 4 rings (SSSR count). The summed E-state index contributed by atoms with van der Waals surface area (Å²) in [5.74, 6) is 1.45. The maximum Gasteiger partial charge on any atom is 0.150 e.